The Morgan fingerprint density at radius 3 is 2.87 bits per heavy atom. The van der Waals surface area contributed by atoms with Crippen LogP contribution in [0.25, 0.3) is 17.4 Å². The molecule has 0 aliphatic carbocycles. The van der Waals surface area contributed by atoms with Gasteiger partial charge in [-0.1, -0.05) is 12.1 Å². The summed E-state index contributed by atoms with van der Waals surface area (Å²) in [6.45, 7) is 1.91. The van der Waals surface area contributed by atoms with Crippen LogP contribution in [-0.2, 0) is 4.79 Å². The molecule has 6 heteroatoms. The molecule has 1 aromatic carbocycles. The highest BCUT2D eigenvalue weighted by Crippen LogP contribution is 2.25. The molecular weight excluding hydrogens is 315 g/mol. The Morgan fingerprint density at radius 1 is 1.30 bits per heavy atom. The first-order valence-electron chi connectivity index (χ1n) is 6.88. The zero-order valence-corrected chi connectivity index (χ0v) is 13.1. The average Bonchev–Trinajstić information content (AvgIpc) is 3.15. The zero-order chi connectivity index (χ0) is 16.2. The normalized spacial score (nSPS) is 11.0. The lowest BCUT2D eigenvalue weighted by Crippen LogP contribution is -2.06. The number of halogens is 1. The third-order valence-electron chi connectivity index (χ3n) is 3.02. The lowest BCUT2D eigenvalue weighted by Gasteiger charge is -1.98. The second kappa shape index (κ2) is 6.58. The number of carbonyl (C=O) groups is 1. The van der Waals surface area contributed by atoms with Gasteiger partial charge in [-0.25, -0.2) is 9.37 Å². The van der Waals surface area contributed by atoms with E-state index in [4.69, 9.17) is 4.42 Å². The molecular formula is C17H13FN2O2S. The first kappa shape index (κ1) is 15.2. The van der Waals surface area contributed by atoms with Gasteiger partial charge in [-0.2, -0.15) is 0 Å². The molecule has 0 radical (unpaired) electrons. The fourth-order valence-corrected chi connectivity index (χ4v) is 2.63. The molecule has 0 aliphatic heterocycles. The van der Waals surface area contributed by atoms with E-state index in [1.165, 1.54) is 29.6 Å². The van der Waals surface area contributed by atoms with Crippen LogP contribution in [0.2, 0.25) is 0 Å². The molecule has 0 saturated carbocycles. The molecule has 0 aliphatic rings. The third-order valence-corrected chi connectivity index (χ3v) is 3.84. The van der Waals surface area contributed by atoms with Crippen molar-refractivity contribution < 1.29 is 13.6 Å². The highest BCUT2D eigenvalue weighted by molar-refractivity contribution is 7.15. The van der Waals surface area contributed by atoms with Crippen LogP contribution >= 0.6 is 11.3 Å². The summed E-state index contributed by atoms with van der Waals surface area (Å²) in [5.74, 6) is 0.227. The van der Waals surface area contributed by atoms with Gasteiger partial charge in [-0.3, -0.25) is 10.1 Å². The molecule has 3 aromatic rings. The number of anilines is 1. The number of aryl methyl sites for hydroxylation is 1. The van der Waals surface area contributed by atoms with Gasteiger partial charge in [0, 0.05) is 17.2 Å². The Bertz CT molecular complexity index is 867. The van der Waals surface area contributed by atoms with Gasteiger partial charge in [0.15, 0.2) is 5.13 Å². The van der Waals surface area contributed by atoms with Gasteiger partial charge in [0.1, 0.15) is 17.3 Å². The summed E-state index contributed by atoms with van der Waals surface area (Å²) in [6.07, 6.45) is 4.57. The Kier molecular flexibility index (Phi) is 4.34. The maximum Gasteiger partial charge on any atom is 0.250 e. The Labute approximate surface area is 136 Å². The van der Waals surface area contributed by atoms with Crippen LogP contribution in [0.15, 0.2) is 53.1 Å². The molecule has 116 valence electrons. The van der Waals surface area contributed by atoms with Crippen molar-refractivity contribution in [3.05, 3.63) is 65.1 Å². The van der Waals surface area contributed by atoms with Crippen molar-refractivity contribution in [1.82, 2.24) is 4.98 Å². The van der Waals surface area contributed by atoms with E-state index in [9.17, 15) is 9.18 Å². The van der Waals surface area contributed by atoms with E-state index in [1.54, 1.807) is 36.5 Å². The summed E-state index contributed by atoms with van der Waals surface area (Å²) >= 11 is 1.40. The Hall–Kier alpha value is -2.73. The molecule has 0 saturated heterocycles. The fraction of sp³-hybridized carbons (Fsp3) is 0.0588. The molecule has 0 bridgehead atoms. The van der Waals surface area contributed by atoms with Gasteiger partial charge in [-0.15, -0.1) is 11.3 Å². The van der Waals surface area contributed by atoms with E-state index in [1.807, 2.05) is 6.92 Å². The van der Waals surface area contributed by atoms with Crippen LogP contribution in [0.1, 0.15) is 10.6 Å². The number of hydrogen-bond donors (Lipinski definition) is 1. The van der Waals surface area contributed by atoms with Gasteiger partial charge in [0.2, 0.25) is 5.91 Å². The van der Waals surface area contributed by atoms with Crippen LogP contribution < -0.4 is 5.32 Å². The number of rotatable bonds is 4. The van der Waals surface area contributed by atoms with Gasteiger partial charge in [0.05, 0.1) is 5.56 Å². The Balaban J connectivity index is 1.69. The van der Waals surface area contributed by atoms with Crippen LogP contribution in [0.4, 0.5) is 9.52 Å². The summed E-state index contributed by atoms with van der Waals surface area (Å²) in [4.78, 5) is 16.9. The van der Waals surface area contributed by atoms with Gasteiger partial charge < -0.3 is 4.42 Å². The summed E-state index contributed by atoms with van der Waals surface area (Å²) in [5, 5.41) is 3.21. The molecule has 2 heterocycles. The monoisotopic (exact) mass is 328 g/mol. The Morgan fingerprint density at radius 2 is 2.13 bits per heavy atom. The minimum Gasteiger partial charge on any atom is -0.457 e. The van der Waals surface area contributed by atoms with Crippen molar-refractivity contribution in [2.45, 2.75) is 6.92 Å². The second-order valence-electron chi connectivity index (χ2n) is 4.78. The zero-order valence-electron chi connectivity index (χ0n) is 12.2. The van der Waals surface area contributed by atoms with Gasteiger partial charge in [-0.05, 0) is 37.3 Å². The number of hydrogen-bond acceptors (Lipinski definition) is 4. The van der Waals surface area contributed by atoms with E-state index in [0.29, 0.717) is 22.2 Å². The molecule has 0 fully saturated rings. The van der Waals surface area contributed by atoms with E-state index < -0.39 is 0 Å². The smallest absolute Gasteiger partial charge is 0.250 e. The highest BCUT2D eigenvalue weighted by atomic mass is 32.1. The van der Waals surface area contributed by atoms with Crippen molar-refractivity contribution in [1.29, 1.82) is 0 Å². The van der Waals surface area contributed by atoms with E-state index in [0.717, 1.165) is 4.88 Å². The van der Waals surface area contributed by atoms with Crippen molar-refractivity contribution >= 4 is 28.5 Å². The molecule has 3 rings (SSSR count). The molecule has 2 aromatic heterocycles. The number of nitrogens with one attached hydrogen (secondary N) is 1. The molecule has 0 spiro atoms. The minimum atomic E-state index is -0.353. The summed E-state index contributed by atoms with van der Waals surface area (Å²) in [7, 11) is 0. The quantitative estimate of drug-likeness (QED) is 0.717. The SMILES string of the molecule is Cc1cnc(NC(=O)C=Cc2ccc(-c3ccccc3F)o2)s1. The summed E-state index contributed by atoms with van der Waals surface area (Å²) < 4.78 is 19.2. The largest absolute Gasteiger partial charge is 0.457 e. The third kappa shape index (κ3) is 3.73. The van der Waals surface area contributed by atoms with Gasteiger partial charge in [0.25, 0.3) is 0 Å². The first-order valence-corrected chi connectivity index (χ1v) is 7.70. The topological polar surface area (TPSA) is 55.1 Å². The van der Waals surface area contributed by atoms with E-state index in [-0.39, 0.29) is 11.7 Å². The number of carbonyl (C=O) groups excluding carboxylic acids is 1. The number of aromatic nitrogens is 1. The van der Waals surface area contributed by atoms with Crippen LogP contribution in [0.5, 0.6) is 0 Å². The fourth-order valence-electron chi connectivity index (χ4n) is 1.97. The maximum absolute atomic E-state index is 13.7. The first-order chi connectivity index (χ1) is 11.1. The van der Waals surface area contributed by atoms with Gasteiger partial charge >= 0.3 is 0 Å². The number of furan rings is 1. The number of thiazole rings is 1. The molecule has 0 unspecified atom stereocenters. The maximum atomic E-state index is 13.7. The van der Waals surface area contributed by atoms with E-state index in [2.05, 4.69) is 10.3 Å². The standard InChI is InChI=1S/C17H13FN2O2S/c1-11-10-19-17(23-11)20-16(21)9-7-12-6-8-15(22-12)13-4-2-3-5-14(13)18/h2-10H,1H3,(H,19,20,21). The lowest BCUT2D eigenvalue weighted by molar-refractivity contribution is -0.111. The summed E-state index contributed by atoms with van der Waals surface area (Å²) in [5.41, 5.74) is 0.384. The predicted octanol–water partition coefficient (Wildman–Crippen LogP) is 4.50. The van der Waals surface area contributed by atoms with Crippen LogP contribution in [-0.4, -0.2) is 10.9 Å². The summed E-state index contributed by atoms with van der Waals surface area (Å²) in [6, 6.07) is 9.71. The predicted molar refractivity (Wildman–Crippen MR) is 88.6 cm³/mol. The molecule has 0 atom stereocenters. The molecule has 1 amide bonds. The second-order valence-corrected chi connectivity index (χ2v) is 6.02. The van der Waals surface area contributed by atoms with Crippen molar-refractivity contribution in [2.75, 3.05) is 5.32 Å². The van der Waals surface area contributed by atoms with Crippen LogP contribution in [0.3, 0.4) is 0 Å². The number of nitrogens with zero attached hydrogens (tertiary/aromatic N) is 1. The van der Waals surface area contributed by atoms with Crippen molar-refractivity contribution in [2.24, 2.45) is 0 Å². The molecule has 1 N–H and O–H groups in total. The average molecular weight is 328 g/mol. The lowest BCUT2D eigenvalue weighted by atomic mass is 10.1. The number of amides is 1. The molecule has 4 nitrogen and oxygen atoms in total. The van der Waals surface area contributed by atoms with Crippen LogP contribution in [0, 0.1) is 12.7 Å². The molecule has 23 heavy (non-hydrogen) atoms. The minimum absolute atomic E-state index is 0.303. The van der Waals surface area contributed by atoms with E-state index >= 15 is 0 Å². The van der Waals surface area contributed by atoms with Crippen molar-refractivity contribution in [3.8, 4) is 11.3 Å². The van der Waals surface area contributed by atoms with Crippen molar-refractivity contribution in [3.63, 3.8) is 0 Å². The highest BCUT2D eigenvalue weighted by Gasteiger charge is 2.08. The number of benzene rings is 1.